The second-order valence-corrected chi connectivity index (χ2v) is 8.36. The molecule has 1 aromatic heterocycles. The second-order valence-electron chi connectivity index (χ2n) is 8.36. The molecule has 0 spiro atoms. The first-order chi connectivity index (χ1) is 17.2. The predicted molar refractivity (Wildman–Crippen MR) is 134 cm³/mol. The van der Waals surface area contributed by atoms with Crippen LogP contribution in [0.25, 0.3) is 11.0 Å². The maximum Gasteiger partial charge on any atom is 0.148 e. The third-order valence-corrected chi connectivity index (χ3v) is 6.12. The minimum absolute atomic E-state index is 0.483. The summed E-state index contributed by atoms with van der Waals surface area (Å²) in [6.45, 7) is 3.37. The summed E-state index contributed by atoms with van der Waals surface area (Å²) in [4.78, 5) is 11.5. The third kappa shape index (κ3) is 5.18. The molecule has 1 saturated heterocycles. The summed E-state index contributed by atoms with van der Waals surface area (Å²) in [6, 6.07) is 22.1. The Balaban J connectivity index is 1.31. The van der Waals surface area contributed by atoms with Crippen LogP contribution in [0.4, 0.5) is 5.82 Å². The van der Waals surface area contributed by atoms with Gasteiger partial charge in [0.2, 0.25) is 0 Å². The first kappa shape index (κ1) is 22.6. The van der Waals surface area contributed by atoms with Gasteiger partial charge in [0.15, 0.2) is 0 Å². The average molecular weight is 467 g/mol. The minimum Gasteiger partial charge on any atom is -0.497 e. The number of rotatable bonds is 7. The Morgan fingerprint density at radius 3 is 2.37 bits per heavy atom. The number of aromatic nitrogens is 2. The maximum absolute atomic E-state index is 9.97. The van der Waals surface area contributed by atoms with Crippen molar-refractivity contribution in [2.45, 2.75) is 13.0 Å². The number of hydrogen-bond donors (Lipinski definition) is 0. The Hall–Kier alpha value is -4.15. The van der Waals surface area contributed by atoms with Crippen LogP contribution in [-0.4, -0.2) is 43.4 Å². The van der Waals surface area contributed by atoms with Gasteiger partial charge in [-0.15, -0.1) is 0 Å². The van der Waals surface area contributed by atoms with Crippen LogP contribution in [0.1, 0.15) is 22.3 Å². The van der Waals surface area contributed by atoms with Gasteiger partial charge in [0.1, 0.15) is 35.5 Å². The molecule has 7 heteroatoms. The SMILES string of the molecule is COc1ccc(COc2ccc(Cc3ccc4ncc(N5CCOCC5)nc4c3C#N)cc2)cc1. The summed E-state index contributed by atoms with van der Waals surface area (Å²) in [5.74, 6) is 2.41. The Bertz CT molecular complexity index is 1340. The van der Waals surface area contributed by atoms with E-state index in [2.05, 4.69) is 16.0 Å². The first-order valence-corrected chi connectivity index (χ1v) is 11.6. The summed E-state index contributed by atoms with van der Waals surface area (Å²) >= 11 is 0. The van der Waals surface area contributed by atoms with Crippen LogP contribution in [0.2, 0.25) is 0 Å². The molecule has 0 unspecified atom stereocenters. The fourth-order valence-electron chi connectivity index (χ4n) is 4.14. The quantitative estimate of drug-likeness (QED) is 0.396. The van der Waals surface area contributed by atoms with Crippen LogP contribution in [0, 0.1) is 11.3 Å². The molecule has 0 atom stereocenters. The van der Waals surface area contributed by atoms with Gasteiger partial charge in [-0.25, -0.2) is 4.98 Å². The smallest absolute Gasteiger partial charge is 0.148 e. The van der Waals surface area contributed by atoms with Crippen LogP contribution in [-0.2, 0) is 17.8 Å². The van der Waals surface area contributed by atoms with Gasteiger partial charge in [-0.2, -0.15) is 5.26 Å². The zero-order valence-electron chi connectivity index (χ0n) is 19.6. The molecule has 3 aromatic carbocycles. The summed E-state index contributed by atoms with van der Waals surface area (Å²) in [7, 11) is 1.65. The van der Waals surface area contributed by atoms with E-state index in [1.807, 2.05) is 60.7 Å². The van der Waals surface area contributed by atoms with Gasteiger partial charge in [-0.3, -0.25) is 4.98 Å². The molecule has 0 N–H and O–H groups in total. The highest BCUT2D eigenvalue weighted by atomic mass is 16.5. The highest BCUT2D eigenvalue weighted by Crippen LogP contribution is 2.25. The van der Waals surface area contributed by atoms with Crippen molar-refractivity contribution in [2.24, 2.45) is 0 Å². The summed E-state index contributed by atoms with van der Waals surface area (Å²) in [5, 5.41) is 9.97. The van der Waals surface area contributed by atoms with Crippen LogP contribution < -0.4 is 14.4 Å². The molecule has 2 heterocycles. The Kier molecular flexibility index (Phi) is 6.73. The minimum atomic E-state index is 0.483. The zero-order chi connectivity index (χ0) is 24.0. The van der Waals surface area contributed by atoms with Gasteiger partial charge in [0.05, 0.1) is 37.6 Å². The largest absolute Gasteiger partial charge is 0.497 e. The van der Waals surface area contributed by atoms with Crippen molar-refractivity contribution in [1.29, 1.82) is 5.26 Å². The van der Waals surface area contributed by atoms with E-state index < -0.39 is 0 Å². The highest BCUT2D eigenvalue weighted by molar-refractivity contribution is 5.83. The van der Waals surface area contributed by atoms with Gasteiger partial charge >= 0.3 is 0 Å². The molecule has 0 radical (unpaired) electrons. The lowest BCUT2D eigenvalue weighted by Crippen LogP contribution is -2.36. The van der Waals surface area contributed by atoms with E-state index in [0.29, 0.717) is 37.3 Å². The Morgan fingerprint density at radius 2 is 1.66 bits per heavy atom. The fourth-order valence-corrected chi connectivity index (χ4v) is 4.14. The van der Waals surface area contributed by atoms with Gasteiger partial charge in [0, 0.05) is 13.1 Å². The van der Waals surface area contributed by atoms with Crippen molar-refractivity contribution in [1.82, 2.24) is 9.97 Å². The Morgan fingerprint density at radius 1 is 0.943 bits per heavy atom. The number of nitriles is 1. The fraction of sp³-hybridized carbons (Fsp3) is 0.250. The monoisotopic (exact) mass is 466 g/mol. The molecule has 5 rings (SSSR count). The van der Waals surface area contributed by atoms with E-state index in [0.717, 1.165) is 52.6 Å². The van der Waals surface area contributed by atoms with Gasteiger partial charge in [-0.05, 0) is 53.4 Å². The molecular formula is C28H26N4O3. The van der Waals surface area contributed by atoms with Crippen molar-refractivity contribution in [3.05, 3.63) is 89.1 Å². The lowest BCUT2D eigenvalue weighted by Gasteiger charge is -2.27. The zero-order valence-corrected chi connectivity index (χ0v) is 19.6. The van der Waals surface area contributed by atoms with E-state index in [9.17, 15) is 5.26 Å². The number of methoxy groups -OCH3 is 1. The molecule has 0 amide bonds. The topological polar surface area (TPSA) is 80.5 Å². The standard InChI is InChI=1S/C28H26N4O3/c1-33-23-7-4-21(5-8-23)19-35-24-9-2-20(3-10-24)16-22-6-11-26-28(25(22)17-29)31-27(18-30-26)32-12-14-34-15-13-32/h2-11,18H,12-16,19H2,1H3. The number of nitrogens with zero attached hydrogens (tertiary/aromatic N) is 4. The van der Waals surface area contributed by atoms with E-state index in [-0.39, 0.29) is 0 Å². The van der Waals surface area contributed by atoms with Crippen LogP contribution >= 0.6 is 0 Å². The van der Waals surface area contributed by atoms with Gasteiger partial charge < -0.3 is 19.1 Å². The average Bonchev–Trinajstić information content (AvgIpc) is 2.93. The van der Waals surface area contributed by atoms with E-state index in [4.69, 9.17) is 19.2 Å². The van der Waals surface area contributed by atoms with Crippen molar-refractivity contribution in [3.63, 3.8) is 0 Å². The molecule has 1 aliphatic heterocycles. The van der Waals surface area contributed by atoms with Crippen molar-refractivity contribution >= 4 is 16.9 Å². The lowest BCUT2D eigenvalue weighted by atomic mass is 9.99. The number of fused-ring (bicyclic) bond motifs is 1. The maximum atomic E-state index is 9.97. The van der Waals surface area contributed by atoms with E-state index in [1.165, 1.54) is 0 Å². The number of hydrogen-bond acceptors (Lipinski definition) is 7. The molecule has 35 heavy (non-hydrogen) atoms. The van der Waals surface area contributed by atoms with Gasteiger partial charge in [0.25, 0.3) is 0 Å². The Labute approximate surface area is 204 Å². The number of morpholine rings is 1. The molecular weight excluding hydrogens is 440 g/mol. The molecule has 1 fully saturated rings. The summed E-state index contributed by atoms with van der Waals surface area (Å²) < 4.78 is 16.5. The molecule has 4 aromatic rings. The molecule has 0 saturated carbocycles. The highest BCUT2D eigenvalue weighted by Gasteiger charge is 2.16. The molecule has 0 bridgehead atoms. The predicted octanol–water partition coefficient (Wildman–Crippen LogP) is 4.52. The second kappa shape index (κ2) is 10.4. The van der Waals surface area contributed by atoms with Crippen LogP contribution in [0.15, 0.2) is 66.9 Å². The van der Waals surface area contributed by atoms with Crippen LogP contribution in [0.3, 0.4) is 0 Å². The molecule has 0 aliphatic carbocycles. The van der Waals surface area contributed by atoms with Gasteiger partial charge in [-0.1, -0.05) is 30.3 Å². The number of ether oxygens (including phenoxy) is 3. The molecule has 1 aliphatic rings. The summed E-state index contributed by atoms with van der Waals surface area (Å²) in [5.41, 5.74) is 5.04. The third-order valence-electron chi connectivity index (χ3n) is 6.12. The lowest BCUT2D eigenvalue weighted by molar-refractivity contribution is 0.122. The summed E-state index contributed by atoms with van der Waals surface area (Å²) in [6.07, 6.45) is 2.40. The normalized spacial score (nSPS) is 13.4. The van der Waals surface area contributed by atoms with Crippen molar-refractivity contribution < 1.29 is 14.2 Å². The molecule has 176 valence electrons. The van der Waals surface area contributed by atoms with Crippen LogP contribution in [0.5, 0.6) is 11.5 Å². The number of benzene rings is 3. The number of anilines is 1. The molecule has 7 nitrogen and oxygen atoms in total. The van der Waals surface area contributed by atoms with Crippen molar-refractivity contribution in [3.8, 4) is 17.6 Å². The van der Waals surface area contributed by atoms with E-state index >= 15 is 0 Å². The first-order valence-electron chi connectivity index (χ1n) is 11.6. The van der Waals surface area contributed by atoms with E-state index in [1.54, 1.807) is 13.3 Å². The van der Waals surface area contributed by atoms with Crippen molar-refractivity contribution in [2.75, 3.05) is 38.3 Å².